The predicted octanol–water partition coefficient (Wildman–Crippen LogP) is 5.00. The molecule has 156 valence electrons. The predicted molar refractivity (Wildman–Crippen MR) is 104 cm³/mol. The summed E-state index contributed by atoms with van der Waals surface area (Å²) in [5.41, 5.74) is -0.220. The Bertz CT molecular complexity index is 1140. The van der Waals surface area contributed by atoms with Crippen LogP contribution in [0.25, 0.3) is 11.0 Å². The molecule has 0 fully saturated rings. The highest BCUT2D eigenvalue weighted by atomic mass is 19.3. The zero-order chi connectivity index (χ0) is 22.0. The number of aryl methyl sites for hydroxylation is 1. The number of rotatable bonds is 6. The van der Waals surface area contributed by atoms with Gasteiger partial charge in [-0.1, -0.05) is 24.8 Å². The molecule has 3 rings (SSSR count). The van der Waals surface area contributed by atoms with Gasteiger partial charge in [-0.3, -0.25) is 4.79 Å². The van der Waals surface area contributed by atoms with E-state index in [0.29, 0.717) is 11.2 Å². The van der Waals surface area contributed by atoms with Crippen LogP contribution < -0.4 is 10.6 Å². The molecule has 0 saturated heterocycles. The Hall–Kier alpha value is -3.56. The van der Waals surface area contributed by atoms with Crippen molar-refractivity contribution in [1.29, 1.82) is 0 Å². The lowest BCUT2D eigenvalue weighted by atomic mass is 10.0. The molecule has 10 heteroatoms. The van der Waals surface area contributed by atoms with Crippen LogP contribution in [0.2, 0.25) is 0 Å². The Balaban J connectivity index is 1.99. The minimum atomic E-state index is -2.94. The fraction of sp³-hybridized carbons (Fsp3) is 0.200. The van der Waals surface area contributed by atoms with Crippen molar-refractivity contribution in [3.05, 3.63) is 65.6 Å². The molecule has 0 bridgehead atoms. The number of fused-ring (bicyclic) bond motifs is 1. The second-order valence-electron chi connectivity index (χ2n) is 6.49. The van der Waals surface area contributed by atoms with Crippen LogP contribution in [0.3, 0.4) is 0 Å². The first-order chi connectivity index (χ1) is 14.2. The van der Waals surface area contributed by atoms with Crippen molar-refractivity contribution in [3.63, 3.8) is 0 Å². The van der Waals surface area contributed by atoms with Crippen LogP contribution in [0.15, 0.2) is 42.9 Å². The van der Waals surface area contributed by atoms with Gasteiger partial charge in [0.05, 0.1) is 28.9 Å². The van der Waals surface area contributed by atoms with Gasteiger partial charge < -0.3 is 10.6 Å². The number of nitrogens with zero attached hydrogens (tertiary/aromatic N) is 3. The molecule has 0 radical (unpaired) electrons. The average Bonchev–Trinajstić information content (AvgIpc) is 2.68. The van der Waals surface area contributed by atoms with Gasteiger partial charge in [0.25, 0.3) is 12.3 Å². The highest BCUT2D eigenvalue weighted by Gasteiger charge is 2.20. The van der Waals surface area contributed by atoms with E-state index in [2.05, 4.69) is 32.2 Å². The summed E-state index contributed by atoms with van der Waals surface area (Å²) in [6.07, 6.45) is -1.66. The van der Waals surface area contributed by atoms with Crippen molar-refractivity contribution in [1.82, 2.24) is 15.0 Å². The summed E-state index contributed by atoms with van der Waals surface area (Å²) in [4.78, 5) is 24.1. The maximum Gasteiger partial charge on any atom is 0.283 e. The van der Waals surface area contributed by atoms with Crippen LogP contribution in [-0.2, 0) is 4.79 Å². The number of hydrogen-bond acceptors (Lipinski definition) is 5. The molecule has 0 aliphatic heterocycles. The van der Waals surface area contributed by atoms with E-state index >= 15 is 0 Å². The maximum atomic E-state index is 14.5. The number of aromatic nitrogens is 3. The molecule has 2 heterocycles. The summed E-state index contributed by atoms with van der Waals surface area (Å²) in [5, 5.41) is 5.62. The van der Waals surface area contributed by atoms with E-state index in [9.17, 15) is 22.4 Å². The number of alkyl halides is 2. The highest BCUT2D eigenvalue weighted by molar-refractivity contribution is 6.02. The van der Waals surface area contributed by atoms with Crippen molar-refractivity contribution < 1.29 is 22.4 Å². The molecule has 0 aliphatic rings. The topological polar surface area (TPSA) is 79.8 Å². The van der Waals surface area contributed by atoms with E-state index in [1.54, 1.807) is 13.8 Å². The number of halogens is 4. The number of amides is 1. The smallest absolute Gasteiger partial charge is 0.283 e. The highest BCUT2D eigenvalue weighted by Crippen LogP contribution is 2.30. The van der Waals surface area contributed by atoms with Gasteiger partial charge in [-0.2, -0.15) is 0 Å². The van der Waals surface area contributed by atoms with Gasteiger partial charge in [-0.05, 0) is 19.9 Å². The van der Waals surface area contributed by atoms with Crippen LogP contribution in [-0.4, -0.2) is 20.9 Å². The molecule has 3 aromatic rings. The molecular formula is C20H17F4N5O. The van der Waals surface area contributed by atoms with Crippen LogP contribution in [0, 0.1) is 12.7 Å². The Morgan fingerprint density at radius 2 is 1.90 bits per heavy atom. The first-order valence-corrected chi connectivity index (χ1v) is 8.80. The van der Waals surface area contributed by atoms with Crippen LogP contribution in [0.1, 0.15) is 36.3 Å². The third kappa shape index (κ3) is 4.37. The summed E-state index contributed by atoms with van der Waals surface area (Å²) in [6.45, 7) is 6.13. The molecule has 1 amide bonds. The van der Waals surface area contributed by atoms with Crippen molar-refractivity contribution in [2.45, 2.75) is 26.3 Å². The minimum Gasteiger partial charge on any atom is -0.363 e. The van der Waals surface area contributed by atoms with Gasteiger partial charge in [0.2, 0.25) is 0 Å². The normalized spacial score (nSPS) is 12.1. The molecule has 1 atom stereocenters. The largest absolute Gasteiger partial charge is 0.363 e. The van der Waals surface area contributed by atoms with Crippen molar-refractivity contribution in [2.24, 2.45) is 0 Å². The molecule has 2 aromatic heterocycles. The van der Waals surface area contributed by atoms with E-state index in [0.717, 1.165) is 6.07 Å². The first kappa shape index (κ1) is 21.2. The summed E-state index contributed by atoms with van der Waals surface area (Å²) in [7, 11) is 0. The quantitative estimate of drug-likeness (QED) is 0.434. The van der Waals surface area contributed by atoms with Gasteiger partial charge in [-0.15, -0.1) is 0 Å². The number of anilines is 2. The number of carbonyl (C=O) groups excluding carboxylic acids is 1. The van der Waals surface area contributed by atoms with Gasteiger partial charge in [0.15, 0.2) is 11.5 Å². The third-order valence-corrected chi connectivity index (χ3v) is 4.28. The number of hydrogen-bond donors (Lipinski definition) is 2. The van der Waals surface area contributed by atoms with Crippen molar-refractivity contribution in [3.8, 4) is 0 Å². The summed E-state index contributed by atoms with van der Waals surface area (Å²) < 4.78 is 53.5. The van der Waals surface area contributed by atoms with E-state index < -0.39 is 35.6 Å². The zero-order valence-corrected chi connectivity index (χ0v) is 16.0. The van der Waals surface area contributed by atoms with Crippen LogP contribution in [0.4, 0.5) is 29.1 Å². The van der Waals surface area contributed by atoms with Crippen molar-refractivity contribution >= 4 is 28.4 Å². The fourth-order valence-corrected chi connectivity index (χ4v) is 2.85. The fourth-order valence-electron chi connectivity index (χ4n) is 2.85. The molecule has 1 unspecified atom stereocenters. The molecule has 0 spiro atoms. The van der Waals surface area contributed by atoms with E-state index in [1.807, 2.05) is 0 Å². The lowest BCUT2D eigenvalue weighted by Crippen LogP contribution is -2.13. The lowest BCUT2D eigenvalue weighted by molar-refractivity contribution is -0.114. The third-order valence-electron chi connectivity index (χ3n) is 4.28. The molecule has 30 heavy (non-hydrogen) atoms. The van der Waals surface area contributed by atoms with Crippen LogP contribution in [0.5, 0.6) is 0 Å². The second kappa shape index (κ2) is 8.44. The zero-order valence-electron chi connectivity index (χ0n) is 16.0. The Morgan fingerprint density at radius 3 is 2.57 bits per heavy atom. The molecule has 2 N–H and O–H groups in total. The van der Waals surface area contributed by atoms with Gasteiger partial charge >= 0.3 is 0 Å². The maximum absolute atomic E-state index is 14.5. The average molecular weight is 419 g/mol. The van der Waals surface area contributed by atoms with Gasteiger partial charge in [0, 0.05) is 5.56 Å². The summed E-state index contributed by atoms with van der Waals surface area (Å²) in [6, 6.07) is 4.50. The molecule has 1 aromatic carbocycles. The Labute approximate surface area is 169 Å². The molecular weight excluding hydrogens is 402 g/mol. The van der Waals surface area contributed by atoms with E-state index in [1.165, 1.54) is 24.4 Å². The standard InChI is InChI=1S/C20H17F4N5O/c1-9(21)20(30)29-12-7-15-18(25-8-12)27-11(3)28-19(15)26-10(2)13-5-4-6-14(16(13)22)17(23)24/h4-8,10,17H,1H2,2-3H3,(H,29,30)(H,25,26,27,28). The van der Waals surface area contributed by atoms with Crippen LogP contribution >= 0.6 is 0 Å². The van der Waals surface area contributed by atoms with Crippen molar-refractivity contribution in [2.75, 3.05) is 10.6 Å². The molecule has 6 nitrogen and oxygen atoms in total. The second-order valence-corrected chi connectivity index (χ2v) is 6.49. The SMILES string of the molecule is C=C(F)C(=O)Nc1cnc2nc(C)nc(NC(C)c3cccc(C(F)F)c3F)c2c1. The summed E-state index contributed by atoms with van der Waals surface area (Å²) in [5.74, 6) is -2.60. The van der Waals surface area contributed by atoms with Gasteiger partial charge in [-0.25, -0.2) is 32.5 Å². The minimum absolute atomic E-state index is 0.0309. The summed E-state index contributed by atoms with van der Waals surface area (Å²) >= 11 is 0. The first-order valence-electron chi connectivity index (χ1n) is 8.80. The van der Waals surface area contributed by atoms with Gasteiger partial charge in [0.1, 0.15) is 17.5 Å². The van der Waals surface area contributed by atoms with E-state index in [4.69, 9.17) is 0 Å². The Kier molecular flexibility index (Phi) is 5.95. The number of nitrogens with one attached hydrogen (secondary N) is 2. The monoisotopic (exact) mass is 419 g/mol. The number of carbonyl (C=O) groups is 1. The molecule has 0 aliphatic carbocycles. The number of pyridine rings is 1. The molecule has 0 saturated carbocycles. The number of benzene rings is 1. The Morgan fingerprint density at radius 1 is 1.20 bits per heavy atom. The van der Waals surface area contributed by atoms with E-state index in [-0.39, 0.29) is 22.7 Å². The lowest BCUT2D eigenvalue weighted by Gasteiger charge is -2.18.